The molecule has 1 aromatic heterocycles. The standard InChI is InChI=1S/C23H26N4O4S/c1-30-13-12-27-22(29)19-4-2-3-5-20(19)25-23(27)32-16-21(28)24-17-6-8-18(9-7-17)26-10-14-31-15-11-26/h2-9H,10-16H2,1H3,(H,24,28). The van der Waals surface area contributed by atoms with E-state index in [1.54, 1.807) is 23.8 Å². The molecule has 2 aromatic carbocycles. The maximum Gasteiger partial charge on any atom is 0.262 e. The largest absolute Gasteiger partial charge is 0.383 e. The highest BCUT2D eigenvalue weighted by Gasteiger charge is 2.14. The molecule has 0 bridgehead atoms. The Morgan fingerprint density at radius 1 is 1.16 bits per heavy atom. The summed E-state index contributed by atoms with van der Waals surface area (Å²) in [4.78, 5) is 32.3. The maximum absolute atomic E-state index is 12.9. The minimum atomic E-state index is -0.158. The van der Waals surface area contributed by atoms with Crippen LogP contribution in [-0.4, -0.2) is 61.2 Å². The van der Waals surface area contributed by atoms with Gasteiger partial charge in [-0.3, -0.25) is 14.2 Å². The number of amides is 1. The number of hydrogen-bond donors (Lipinski definition) is 1. The van der Waals surface area contributed by atoms with Gasteiger partial charge in [0.05, 0.1) is 43.0 Å². The number of nitrogens with one attached hydrogen (secondary N) is 1. The molecule has 1 saturated heterocycles. The predicted molar refractivity (Wildman–Crippen MR) is 127 cm³/mol. The van der Waals surface area contributed by atoms with E-state index in [1.165, 1.54) is 11.8 Å². The van der Waals surface area contributed by atoms with Gasteiger partial charge in [-0.15, -0.1) is 0 Å². The van der Waals surface area contributed by atoms with Gasteiger partial charge in [0.15, 0.2) is 5.16 Å². The Morgan fingerprint density at radius 3 is 2.66 bits per heavy atom. The molecule has 168 valence electrons. The van der Waals surface area contributed by atoms with E-state index in [1.807, 2.05) is 36.4 Å². The van der Waals surface area contributed by atoms with Gasteiger partial charge in [0.25, 0.3) is 5.56 Å². The van der Waals surface area contributed by atoms with E-state index in [2.05, 4.69) is 15.2 Å². The summed E-state index contributed by atoms with van der Waals surface area (Å²) < 4.78 is 12.1. The molecule has 32 heavy (non-hydrogen) atoms. The van der Waals surface area contributed by atoms with E-state index in [0.29, 0.717) is 29.2 Å². The number of benzene rings is 2. The number of para-hydroxylation sites is 1. The average molecular weight is 455 g/mol. The summed E-state index contributed by atoms with van der Waals surface area (Å²) in [5, 5.41) is 3.97. The number of fused-ring (bicyclic) bond motifs is 1. The van der Waals surface area contributed by atoms with Crippen LogP contribution < -0.4 is 15.8 Å². The first kappa shape index (κ1) is 22.3. The number of thioether (sulfide) groups is 1. The number of morpholine rings is 1. The van der Waals surface area contributed by atoms with Crippen molar-refractivity contribution in [1.29, 1.82) is 0 Å². The fourth-order valence-corrected chi connectivity index (χ4v) is 4.37. The van der Waals surface area contributed by atoms with E-state index in [9.17, 15) is 9.59 Å². The second-order valence-corrected chi connectivity index (χ2v) is 8.29. The Bertz CT molecular complexity index is 1130. The summed E-state index contributed by atoms with van der Waals surface area (Å²) in [6.07, 6.45) is 0. The Kier molecular flexibility index (Phi) is 7.41. The number of nitrogens with zero attached hydrogens (tertiary/aromatic N) is 3. The van der Waals surface area contributed by atoms with Crippen LogP contribution in [0.25, 0.3) is 10.9 Å². The molecular weight excluding hydrogens is 428 g/mol. The van der Waals surface area contributed by atoms with Gasteiger partial charge in [0.1, 0.15) is 0 Å². The lowest BCUT2D eigenvalue weighted by atomic mass is 10.2. The van der Waals surface area contributed by atoms with E-state index < -0.39 is 0 Å². The van der Waals surface area contributed by atoms with Gasteiger partial charge < -0.3 is 19.7 Å². The molecule has 8 nitrogen and oxygen atoms in total. The van der Waals surface area contributed by atoms with E-state index >= 15 is 0 Å². The fraction of sp³-hybridized carbons (Fsp3) is 0.348. The zero-order chi connectivity index (χ0) is 22.3. The minimum Gasteiger partial charge on any atom is -0.383 e. The molecule has 0 atom stereocenters. The summed E-state index contributed by atoms with van der Waals surface area (Å²) in [5.41, 5.74) is 2.33. The van der Waals surface area contributed by atoms with E-state index in [0.717, 1.165) is 37.7 Å². The molecule has 1 N–H and O–H groups in total. The van der Waals surface area contributed by atoms with Crippen molar-refractivity contribution in [3.63, 3.8) is 0 Å². The van der Waals surface area contributed by atoms with Gasteiger partial charge in [0.2, 0.25) is 5.91 Å². The van der Waals surface area contributed by atoms with Crippen molar-refractivity contribution in [2.75, 3.05) is 56.0 Å². The number of ether oxygens (including phenoxy) is 2. The Morgan fingerprint density at radius 2 is 1.91 bits per heavy atom. The fourth-order valence-electron chi connectivity index (χ4n) is 3.54. The number of aromatic nitrogens is 2. The third-order valence-electron chi connectivity index (χ3n) is 5.21. The average Bonchev–Trinajstić information content (AvgIpc) is 2.83. The van der Waals surface area contributed by atoms with Crippen LogP contribution in [0.2, 0.25) is 0 Å². The lowest BCUT2D eigenvalue weighted by Crippen LogP contribution is -2.36. The molecule has 0 radical (unpaired) electrons. The zero-order valence-corrected chi connectivity index (χ0v) is 18.8. The van der Waals surface area contributed by atoms with Gasteiger partial charge >= 0.3 is 0 Å². The zero-order valence-electron chi connectivity index (χ0n) is 18.0. The van der Waals surface area contributed by atoms with Crippen LogP contribution in [0.3, 0.4) is 0 Å². The number of rotatable bonds is 8. The summed E-state index contributed by atoms with van der Waals surface area (Å²) in [5.74, 6) is -0.0157. The minimum absolute atomic E-state index is 0.130. The maximum atomic E-state index is 12.9. The summed E-state index contributed by atoms with van der Waals surface area (Å²) in [7, 11) is 1.59. The van der Waals surface area contributed by atoms with Crippen molar-refractivity contribution >= 4 is 39.9 Å². The number of hydrogen-bond acceptors (Lipinski definition) is 7. The Labute approximate surface area is 190 Å². The molecule has 9 heteroatoms. The highest BCUT2D eigenvalue weighted by atomic mass is 32.2. The number of methoxy groups -OCH3 is 1. The number of carbonyl (C=O) groups is 1. The number of carbonyl (C=O) groups excluding carboxylic acids is 1. The van der Waals surface area contributed by atoms with Crippen molar-refractivity contribution in [1.82, 2.24) is 9.55 Å². The van der Waals surface area contributed by atoms with Crippen molar-refractivity contribution < 1.29 is 14.3 Å². The number of anilines is 2. The van der Waals surface area contributed by atoms with E-state index in [-0.39, 0.29) is 17.2 Å². The second-order valence-electron chi connectivity index (χ2n) is 7.34. The van der Waals surface area contributed by atoms with Crippen molar-refractivity contribution in [3.8, 4) is 0 Å². The molecule has 3 aromatic rings. The molecular formula is C23H26N4O4S. The molecule has 0 aliphatic carbocycles. The first-order chi connectivity index (χ1) is 15.7. The lowest BCUT2D eigenvalue weighted by Gasteiger charge is -2.28. The third-order valence-corrected chi connectivity index (χ3v) is 6.18. The molecule has 1 fully saturated rings. The van der Waals surface area contributed by atoms with Crippen LogP contribution >= 0.6 is 11.8 Å². The summed E-state index contributed by atoms with van der Waals surface area (Å²) in [6.45, 7) is 3.95. The Balaban J connectivity index is 1.42. The van der Waals surface area contributed by atoms with Gasteiger partial charge in [-0.05, 0) is 36.4 Å². The quantitative estimate of drug-likeness (QED) is 0.414. The summed E-state index contributed by atoms with van der Waals surface area (Å²) in [6, 6.07) is 15.0. The normalized spacial score (nSPS) is 14.0. The van der Waals surface area contributed by atoms with Crippen LogP contribution in [0.1, 0.15) is 0 Å². The smallest absolute Gasteiger partial charge is 0.262 e. The topological polar surface area (TPSA) is 85.7 Å². The van der Waals surface area contributed by atoms with Gasteiger partial charge in [-0.1, -0.05) is 23.9 Å². The molecule has 1 aliphatic rings. The first-order valence-corrected chi connectivity index (χ1v) is 11.5. The van der Waals surface area contributed by atoms with Crippen LogP contribution in [0.15, 0.2) is 58.5 Å². The molecule has 0 spiro atoms. The van der Waals surface area contributed by atoms with E-state index in [4.69, 9.17) is 9.47 Å². The predicted octanol–water partition coefficient (Wildman–Crippen LogP) is 2.61. The molecule has 4 rings (SSSR count). The van der Waals surface area contributed by atoms with Gasteiger partial charge in [-0.25, -0.2) is 4.98 Å². The van der Waals surface area contributed by atoms with Crippen LogP contribution in [0.4, 0.5) is 11.4 Å². The van der Waals surface area contributed by atoms with Crippen LogP contribution in [-0.2, 0) is 20.8 Å². The van der Waals surface area contributed by atoms with Crippen molar-refractivity contribution in [2.45, 2.75) is 11.7 Å². The first-order valence-electron chi connectivity index (χ1n) is 10.5. The van der Waals surface area contributed by atoms with Gasteiger partial charge in [-0.2, -0.15) is 0 Å². The lowest BCUT2D eigenvalue weighted by molar-refractivity contribution is -0.113. The molecule has 1 amide bonds. The van der Waals surface area contributed by atoms with Crippen LogP contribution in [0.5, 0.6) is 0 Å². The van der Waals surface area contributed by atoms with Crippen molar-refractivity contribution in [2.24, 2.45) is 0 Å². The van der Waals surface area contributed by atoms with Crippen molar-refractivity contribution in [3.05, 3.63) is 58.9 Å². The highest BCUT2D eigenvalue weighted by molar-refractivity contribution is 7.99. The molecule has 0 unspecified atom stereocenters. The monoisotopic (exact) mass is 454 g/mol. The SMILES string of the molecule is COCCn1c(SCC(=O)Nc2ccc(N3CCOCC3)cc2)nc2ccccc2c1=O. The highest BCUT2D eigenvalue weighted by Crippen LogP contribution is 2.21. The third kappa shape index (κ3) is 5.29. The van der Waals surface area contributed by atoms with Crippen LogP contribution in [0, 0.1) is 0 Å². The second kappa shape index (κ2) is 10.6. The summed E-state index contributed by atoms with van der Waals surface area (Å²) >= 11 is 1.24. The molecule has 2 heterocycles. The molecule has 0 saturated carbocycles. The molecule has 1 aliphatic heterocycles. The van der Waals surface area contributed by atoms with Gasteiger partial charge in [0, 0.05) is 31.6 Å². The Hall–Kier alpha value is -2.88.